The van der Waals surface area contributed by atoms with Crippen LogP contribution in [0.3, 0.4) is 0 Å². The number of hydrogen-bond acceptors (Lipinski definition) is 8. The van der Waals surface area contributed by atoms with Crippen molar-refractivity contribution in [2.75, 3.05) is 38.0 Å². The fraction of sp³-hybridized carbons (Fsp3) is 0.564. The van der Waals surface area contributed by atoms with Gasteiger partial charge in [-0.2, -0.15) is 0 Å². The van der Waals surface area contributed by atoms with E-state index in [1.54, 1.807) is 12.0 Å². The lowest BCUT2D eigenvalue weighted by molar-refractivity contribution is -0.146. The zero-order chi connectivity index (χ0) is 35.9. The van der Waals surface area contributed by atoms with Crippen molar-refractivity contribution in [1.29, 1.82) is 0 Å². The summed E-state index contributed by atoms with van der Waals surface area (Å²) in [6.07, 6.45) is 9.42. The van der Waals surface area contributed by atoms with E-state index in [1.807, 2.05) is 54.6 Å². The number of ether oxygens (including phenoxy) is 3. The predicted molar refractivity (Wildman–Crippen MR) is 203 cm³/mol. The van der Waals surface area contributed by atoms with Crippen LogP contribution in [0.15, 0.2) is 54.6 Å². The summed E-state index contributed by atoms with van der Waals surface area (Å²) >= 11 is 1.31. The Morgan fingerprint density at radius 2 is 1.56 bits per heavy atom. The molecule has 3 atom stereocenters. The lowest BCUT2D eigenvalue weighted by Gasteiger charge is -2.49. The summed E-state index contributed by atoms with van der Waals surface area (Å²) in [5.41, 5.74) is 2.12. The third-order valence-corrected chi connectivity index (χ3v) is 15.5. The second-order valence-electron chi connectivity index (χ2n) is 13.2. The molecule has 4 rings (SSSR count). The van der Waals surface area contributed by atoms with E-state index in [9.17, 15) is 19.2 Å². The number of esters is 1. The SMILES string of the molecule is CCCCP(CCCC)(CCCC)=C(C(=O)OCc1ccc(OC)cc1)N1C(=O)[C@@H](NC(=O)Cc2ccccc2)[C@H]1SCC(=O)[C@@H]1CCCO1. The molecule has 0 radical (unpaired) electrons. The Kier molecular flexibility index (Phi) is 16.0. The summed E-state index contributed by atoms with van der Waals surface area (Å²) in [5, 5.41) is 2.35. The minimum Gasteiger partial charge on any atom is -0.497 e. The fourth-order valence-corrected chi connectivity index (χ4v) is 13.1. The molecule has 274 valence electrons. The number of amides is 2. The molecule has 0 aromatic heterocycles. The maximum absolute atomic E-state index is 14.6. The highest BCUT2D eigenvalue weighted by Gasteiger charge is 2.54. The smallest absolute Gasteiger partial charge is 0.355 e. The van der Waals surface area contributed by atoms with Crippen LogP contribution in [0.25, 0.3) is 0 Å². The van der Waals surface area contributed by atoms with Gasteiger partial charge in [-0.15, -0.1) is 11.8 Å². The van der Waals surface area contributed by atoms with Gasteiger partial charge in [-0.05, 0) is 73.8 Å². The number of unbranched alkanes of at least 4 members (excludes halogenated alkanes) is 3. The Morgan fingerprint density at radius 1 is 0.920 bits per heavy atom. The molecule has 9 nitrogen and oxygen atoms in total. The Morgan fingerprint density at radius 3 is 2.12 bits per heavy atom. The quantitative estimate of drug-likeness (QED) is 0.0864. The Hall–Kier alpha value is -3.07. The highest BCUT2D eigenvalue weighted by Crippen LogP contribution is 2.54. The van der Waals surface area contributed by atoms with Crippen LogP contribution in [-0.4, -0.2) is 89.4 Å². The highest BCUT2D eigenvalue weighted by atomic mass is 32.2. The van der Waals surface area contributed by atoms with Crippen molar-refractivity contribution >= 4 is 47.6 Å². The van der Waals surface area contributed by atoms with E-state index in [2.05, 4.69) is 26.1 Å². The van der Waals surface area contributed by atoms with Gasteiger partial charge in [-0.25, -0.2) is 4.79 Å². The summed E-state index contributed by atoms with van der Waals surface area (Å²) in [7, 11) is 1.60. The molecule has 1 N–H and O–H groups in total. The number of Topliss-reactive ketones (excluding diaryl/α,β-unsaturated/α-hetero) is 1. The lowest BCUT2D eigenvalue weighted by atomic mass is 10.1. The van der Waals surface area contributed by atoms with Crippen LogP contribution in [0.1, 0.15) is 83.3 Å². The van der Waals surface area contributed by atoms with Crippen molar-refractivity contribution in [3.05, 3.63) is 65.7 Å². The van der Waals surface area contributed by atoms with Crippen LogP contribution >= 0.6 is 18.6 Å². The van der Waals surface area contributed by atoms with Gasteiger partial charge in [0.2, 0.25) is 5.91 Å². The minimum absolute atomic E-state index is 0.0335. The van der Waals surface area contributed by atoms with E-state index < -0.39 is 30.4 Å². The van der Waals surface area contributed by atoms with E-state index in [0.717, 1.165) is 74.6 Å². The fourth-order valence-electron chi connectivity index (χ4n) is 6.58. The van der Waals surface area contributed by atoms with E-state index in [-0.39, 0.29) is 36.4 Å². The first-order chi connectivity index (χ1) is 24.3. The number of carbonyl (C=O) groups is 4. The van der Waals surface area contributed by atoms with Crippen molar-refractivity contribution < 1.29 is 33.4 Å². The standard InChI is InChI=1S/C39H55N2O7PS/c1-5-8-23-49(24-9-6-2,25-10-7-3)37(39(45)48-27-30-18-20-31(46-4)21-19-30)41-36(44)35(40-34(43)26-29-15-12-11-13-16-29)38(41)50-28-32(42)33-17-14-22-47-33/h11-13,15-16,18-21,33,35,38H,5-10,14,17,22-28H2,1-4H3,(H,40,43)/t33-,35+,38+/m0/s1. The molecule has 2 aromatic carbocycles. The number of thioether (sulfide) groups is 1. The van der Waals surface area contributed by atoms with Crippen LogP contribution in [0.5, 0.6) is 5.75 Å². The molecular formula is C39H55N2O7PS. The van der Waals surface area contributed by atoms with Crippen LogP contribution < -0.4 is 10.1 Å². The molecule has 2 amide bonds. The topological polar surface area (TPSA) is 111 Å². The molecule has 2 heterocycles. The first-order valence-electron chi connectivity index (χ1n) is 18.2. The minimum atomic E-state index is -2.23. The number of rotatable bonds is 21. The number of methoxy groups -OCH3 is 1. The van der Waals surface area contributed by atoms with Gasteiger partial charge in [0.05, 0.1) is 19.3 Å². The van der Waals surface area contributed by atoms with Crippen LogP contribution in [0, 0.1) is 0 Å². The number of β-lactam (4-membered cyclic amide) rings is 1. The van der Waals surface area contributed by atoms with Crippen molar-refractivity contribution in [1.82, 2.24) is 10.2 Å². The average Bonchev–Trinajstić information content (AvgIpc) is 3.69. The van der Waals surface area contributed by atoms with Crippen molar-refractivity contribution in [2.24, 2.45) is 0 Å². The average molecular weight is 727 g/mol. The lowest BCUT2D eigenvalue weighted by Crippen LogP contribution is -2.72. The van der Waals surface area contributed by atoms with Gasteiger partial charge in [0.1, 0.15) is 35.3 Å². The zero-order valence-electron chi connectivity index (χ0n) is 30.2. The molecule has 2 saturated heterocycles. The summed E-state index contributed by atoms with van der Waals surface area (Å²) in [6.45, 7) is 4.83. The molecule has 0 unspecified atom stereocenters. The summed E-state index contributed by atoms with van der Waals surface area (Å²) in [4.78, 5) is 57.2. The Balaban J connectivity index is 1.74. The number of hydrogen-bond donors (Lipinski definition) is 1. The summed E-state index contributed by atoms with van der Waals surface area (Å²) in [5.74, 6) is -0.288. The molecule has 0 aliphatic carbocycles. The van der Waals surface area contributed by atoms with Gasteiger partial charge in [-0.3, -0.25) is 19.3 Å². The molecule has 11 heteroatoms. The second-order valence-corrected chi connectivity index (χ2v) is 18.4. The maximum atomic E-state index is 14.6. The first kappa shape index (κ1) is 39.7. The number of ketones is 1. The number of nitrogens with one attached hydrogen (secondary N) is 1. The van der Waals surface area contributed by atoms with Crippen molar-refractivity contribution in [3.63, 3.8) is 0 Å². The largest absolute Gasteiger partial charge is 0.497 e. The van der Waals surface area contributed by atoms with E-state index in [0.29, 0.717) is 24.2 Å². The number of carbonyl (C=O) groups excluding carboxylic acids is 4. The van der Waals surface area contributed by atoms with Gasteiger partial charge >= 0.3 is 5.97 Å². The van der Waals surface area contributed by atoms with Gasteiger partial charge in [0.15, 0.2) is 5.78 Å². The number of benzene rings is 2. The summed E-state index contributed by atoms with van der Waals surface area (Å²) < 4.78 is 17.1. The number of nitrogens with zero attached hydrogens (tertiary/aromatic N) is 1. The van der Waals surface area contributed by atoms with Crippen LogP contribution in [0.2, 0.25) is 0 Å². The van der Waals surface area contributed by atoms with E-state index >= 15 is 0 Å². The zero-order valence-corrected chi connectivity index (χ0v) is 31.9. The maximum Gasteiger partial charge on any atom is 0.355 e. The van der Waals surface area contributed by atoms with Crippen molar-refractivity contribution in [3.8, 4) is 5.75 Å². The molecule has 50 heavy (non-hydrogen) atoms. The van der Waals surface area contributed by atoms with Crippen molar-refractivity contribution in [2.45, 2.75) is 103 Å². The molecule has 0 bridgehead atoms. The van der Waals surface area contributed by atoms with E-state index in [4.69, 9.17) is 14.2 Å². The Bertz CT molecular complexity index is 1450. The summed E-state index contributed by atoms with van der Waals surface area (Å²) in [6, 6.07) is 15.9. The van der Waals surface area contributed by atoms with Crippen LogP contribution in [0.4, 0.5) is 0 Å². The third kappa shape index (κ3) is 10.5. The Labute approximate surface area is 302 Å². The normalized spacial score (nSPS) is 18.8. The predicted octanol–water partition coefficient (Wildman–Crippen LogP) is 6.66. The molecule has 2 aliphatic rings. The third-order valence-electron chi connectivity index (χ3n) is 9.46. The molecule has 2 fully saturated rings. The molecule has 2 aromatic rings. The molecule has 0 spiro atoms. The van der Waals surface area contributed by atoms with Crippen LogP contribution in [-0.2, 0) is 41.7 Å². The molecule has 0 saturated carbocycles. The molecule has 2 aliphatic heterocycles. The second kappa shape index (κ2) is 20.1. The van der Waals surface area contributed by atoms with E-state index in [1.165, 1.54) is 11.8 Å². The number of likely N-dealkylation sites (tertiary alicyclic amines) is 1. The van der Waals surface area contributed by atoms with Gasteiger partial charge in [0, 0.05) is 6.61 Å². The van der Waals surface area contributed by atoms with Gasteiger partial charge in [0.25, 0.3) is 5.91 Å². The first-order valence-corrected chi connectivity index (χ1v) is 21.6. The van der Waals surface area contributed by atoms with Gasteiger partial charge in [-0.1, -0.05) is 89.4 Å². The molecular weight excluding hydrogens is 671 g/mol. The highest BCUT2D eigenvalue weighted by molar-refractivity contribution is 8.00. The van der Waals surface area contributed by atoms with Gasteiger partial charge < -0.3 is 19.5 Å². The monoisotopic (exact) mass is 726 g/mol.